The molecule has 7 nitrogen and oxygen atoms in total. The minimum Gasteiger partial charge on any atom is -0.497 e. The number of carbonyl (C=O) groups is 1. The molecule has 0 unspecified atom stereocenters. The minimum absolute atomic E-state index is 0.170. The Morgan fingerprint density at radius 2 is 1.93 bits per heavy atom. The van der Waals surface area contributed by atoms with Gasteiger partial charge in [0.25, 0.3) is 5.91 Å². The molecule has 0 radical (unpaired) electrons. The van der Waals surface area contributed by atoms with E-state index >= 15 is 0 Å². The zero-order valence-corrected chi connectivity index (χ0v) is 15.6. The molecule has 0 bridgehead atoms. The van der Waals surface area contributed by atoms with Crippen molar-refractivity contribution in [3.8, 4) is 22.8 Å². The summed E-state index contributed by atoms with van der Waals surface area (Å²) in [5.74, 6) is 0.990. The lowest BCUT2D eigenvalue weighted by Gasteiger charge is -2.06. The van der Waals surface area contributed by atoms with Gasteiger partial charge in [-0.3, -0.25) is 9.78 Å². The first-order valence-corrected chi connectivity index (χ1v) is 8.73. The zero-order chi connectivity index (χ0) is 19.8. The van der Waals surface area contributed by atoms with E-state index in [0.717, 1.165) is 16.9 Å². The van der Waals surface area contributed by atoms with Crippen LogP contribution in [0.15, 0.2) is 66.0 Å². The van der Waals surface area contributed by atoms with Crippen molar-refractivity contribution in [3.05, 3.63) is 72.2 Å². The Labute approximate surface area is 163 Å². The van der Waals surface area contributed by atoms with E-state index in [1.807, 2.05) is 55.5 Å². The number of hydrogen-bond donors (Lipinski definition) is 1. The Morgan fingerprint density at radius 1 is 1.14 bits per heavy atom. The highest BCUT2D eigenvalue weighted by molar-refractivity contribution is 5.93. The normalized spacial score (nSPS) is 10.6. The van der Waals surface area contributed by atoms with E-state index in [9.17, 15) is 4.79 Å². The van der Waals surface area contributed by atoms with Crippen molar-refractivity contribution in [2.75, 3.05) is 13.7 Å². The van der Waals surface area contributed by atoms with Gasteiger partial charge in [0.2, 0.25) is 0 Å². The number of amides is 1. The van der Waals surface area contributed by atoms with Gasteiger partial charge in [-0.1, -0.05) is 12.1 Å². The molecule has 0 aliphatic heterocycles. The van der Waals surface area contributed by atoms with Gasteiger partial charge in [0.15, 0.2) is 0 Å². The van der Waals surface area contributed by atoms with Crippen molar-refractivity contribution in [2.45, 2.75) is 6.92 Å². The third-order valence-electron chi connectivity index (χ3n) is 3.84. The maximum Gasteiger partial charge on any atom is 0.291 e. The van der Waals surface area contributed by atoms with Crippen molar-refractivity contribution in [2.24, 2.45) is 5.10 Å². The van der Waals surface area contributed by atoms with Crippen LogP contribution in [0.4, 0.5) is 0 Å². The Hall–Kier alpha value is -3.74. The van der Waals surface area contributed by atoms with Crippen molar-refractivity contribution < 1.29 is 14.3 Å². The summed E-state index contributed by atoms with van der Waals surface area (Å²) in [6.45, 7) is 2.45. The highest BCUT2D eigenvalue weighted by Crippen LogP contribution is 2.20. The summed E-state index contributed by atoms with van der Waals surface area (Å²) >= 11 is 0. The number of hydrazone groups is 1. The zero-order valence-electron chi connectivity index (χ0n) is 15.6. The number of rotatable bonds is 7. The fourth-order valence-electron chi connectivity index (χ4n) is 2.47. The molecular formula is C21H20N4O3. The molecule has 0 atom stereocenters. The summed E-state index contributed by atoms with van der Waals surface area (Å²) in [4.78, 5) is 20.8. The lowest BCUT2D eigenvalue weighted by atomic mass is 10.1. The first kappa shape index (κ1) is 19.0. The quantitative estimate of drug-likeness (QED) is 0.505. The summed E-state index contributed by atoms with van der Waals surface area (Å²) in [5, 5.41) is 4.00. The Kier molecular flexibility index (Phi) is 6.30. The SMILES string of the molecule is CCOc1ccccc1/C=N/NC(=O)c1cncc(-c2ccc(OC)cc2)n1. The highest BCUT2D eigenvalue weighted by atomic mass is 16.5. The summed E-state index contributed by atoms with van der Waals surface area (Å²) in [5.41, 5.74) is 4.82. The predicted octanol–water partition coefficient (Wildman–Crippen LogP) is 3.31. The van der Waals surface area contributed by atoms with Gasteiger partial charge in [0, 0.05) is 11.1 Å². The van der Waals surface area contributed by atoms with Crippen molar-refractivity contribution in [3.63, 3.8) is 0 Å². The van der Waals surface area contributed by atoms with E-state index in [-0.39, 0.29) is 5.69 Å². The van der Waals surface area contributed by atoms with Gasteiger partial charge in [-0.2, -0.15) is 5.10 Å². The lowest BCUT2D eigenvalue weighted by Crippen LogP contribution is -2.19. The van der Waals surface area contributed by atoms with Gasteiger partial charge < -0.3 is 9.47 Å². The topological polar surface area (TPSA) is 85.7 Å². The van der Waals surface area contributed by atoms with Crippen LogP contribution in [0.25, 0.3) is 11.3 Å². The standard InChI is InChI=1S/C21H20N4O3/c1-3-28-20-7-5-4-6-16(20)12-23-25-21(26)19-14-22-13-18(24-19)15-8-10-17(27-2)11-9-15/h4-14H,3H2,1-2H3,(H,25,26)/b23-12+. The lowest BCUT2D eigenvalue weighted by molar-refractivity contribution is 0.0950. The Bertz CT molecular complexity index is 971. The van der Waals surface area contributed by atoms with Crippen LogP contribution in [-0.4, -0.2) is 35.8 Å². The molecule has 142 valence electrons. The summed E-state index contributed by atoms with van der Waals surface area (Å²) in [6, 6.07) is 14.8. The summed E-state index contributed by atoms with van der Waals surface area (Å²) in [7, 11) is 1.60. The molecule has 2 aromatic carbocycles. The van der Waals surface area contributed by atoms with Gasteiger partial charge >= 0.3 is 0 Å². The molecule has 28 heavy (non-hydrogen) atoms. The fourth-order valence-corrected chi connectivity index (χ4v) is 2.47. The molecule has 7 heteroatoms. The third kappa shape index (κ3) is 4.70. The smallest absolute Gasteiger partial charge is 0.291 e. The molecule has 0 saturated heterocycles. The molecule has 1 N–H and O–H groups in total. The van der Waals surface area contributed by atoms with E-state index in [1.165, 1.54) is 12.4 Å². The molecule has 3 aromatic rings. The summed E-state index contributed by atoms with van der Waals surface area (Å²) < 4.78 is 10.7. The number of nitrogens with one attached hydrogen (secondary N) is 1. The van der Waals surface area contributed by atoms with Crippen LogP contribution in [-0.2, 0) is 0 Å². The van der Waals surface area contributed by atoms with Crippen LogP contribution < -0.4 is 14.9 Å². The second-order valence-electron chi connectivity index (χ2n) is 5.69. The number of nitrogens with zero attached hydrogens (tertiary/aromatic N) is 3. The Balaban J connectivity index is 1.71. The number of para-hydroxylation sites is 1. The van der Waals surface area contributed by atoms with E-state index < -0.39 is 5.91 Å². The second-order valence-corrected chi connectivity index (χ2v) is 5.69. The van der Waals surface area contributed by atoms with E-state index in [1.54, 1.807) is 13.3 Å². The van der Waals surface area contributed by atoms with Crippen LogP contribution in [0, 0.1) is 0 Å². The van der Waals surface area contributed by atoms with Gasteiger partial charge in [0.05, 0.1) is 38.0 Å². The molecule has 3 rings (SSSR count). The maximum atomic E-state index is 12.4. The number of benzene rings is 2. The average Bonchev–Trinajstić information content (AvgIpc) is 2.75. The molecule has 1 aromatic heterocycles. The summed E-state index contributed by atoms with van der Waals surface area (Å²) in [6.07, 6.45) is 4.52. The number of carbonyl (C=O) groups excluding carboxylic acids is 1. The van der Waals surface area contributed by atoms with Gasteiger partial charge in [-0.15, -0.1) is 0 Å². The van der Waals surface area contributed by atoms with Crippen LogP contribution >= 0.6 is 0 Å². The second kappa shape index (κ2) is 9.27. The van der Waals surface area contributed by atoms with Crippen molar-refractivity contribution in [1.29, 1.82) is 0 Å². The molecule has 0 aliphatic rings. The van der Waals surface area contributed by atoms with Gasteiger partial charge in [-0.25, -0.2) is 10.4 Å². The first-order chi connectivity index (χ1) is 13.7. The third-order valence-corrected chi connectivity index (χ3v) is 3.84. The van der Waals surface area contributed by atoms with E-state index in [4.69, 9.17) is 9.47 Å². The van der Waals surface area contributed by atoms with Crippen molar-refractivity contribution in [1.82, 2.24) is 15.4 Å². The molecular weight excluding hydrogens is 356 g/mol. The van der Waals surface area contributed by atoms with Crippen LogP contribution in [0.2, 0.25) is 0 Å². The molecule has 0 aliphatic carbocycles. The van der Waals surface area contributed by atoms with E-state index in [2.05, 4.69) is 20.5 Å². The predicted molar refractivity (Wildman–Crippen MR) is 107 cm³/mol. The van der Waals surface area contributed by atoms with Crippen LogP contribution in [0.1, 0.15) is 23.0 Å². The monoisotopic (exact) mass is 376 g/mol. The minimum atomic E-state index is -0.451. The molecule has 0 saturated carbocycles. The van der Waals surface area contributed by atoms with Crippen molar-refractivity contribution >= 4 is 12.1 Å². The van der Waals surface area contributed by atoms with Crippen LogP contribution in [0.3, 0.4) is 0 Å². The maximum absolute atomic E-state index is 12.4. The molecule has 0 spiro atoms. The number of methoxy groups -OCH3 is 1. The van der Waals surface area contributed by atoms with E-state index in [0.29, 0.717) is 18.1 Å². The highest BCUT2D eigenvalue weighted by Gasteiger charge is 2.09. The fraction of sp³-hybridized carbons (Fsp3) is 0.143. The number of hydrogen-bond acceptors (Lipinski definition) is 6. The van der Waals surface area contributed by atoms with Gasteiger partial charge in [0.1, 0.15) is 17.2 Å². The largest absolute Gasteiger partial charge is 0.497 e. The average molecular weight is 376 g/mol. The van der Waals surface area contributed by atoms with Crippen LogP contribution in [0.5, 0.6) is 11.5 Å². The molecule has 1 heterocycles. The molecule has 0 fully saturated rings. The van der Waals surface area contributed by atoms with Gasteiger partial charge in [-0.05, 0) is 43.3 Å². The molecule has 1 amide bonds. The number of aromatic nitrogens is 2. The number of ether oxygens (including phenoxy) is 2. The first-order valence-electron chi connectivity index (χ1n) is 8.73. The Morgan fingerprint density at radius 3 is 2.68 bits per heavy atom.